The highest BCUT2D eigenvalue weighted by Crippen LogP contribution is 2.23. The van der Waals surface area contributed by atoms with Gasteiger partial charge in [-0.25, -0.2) is 0 Å². The largest absolute Gasteiger partial charge is 0.481 e. The van der Waals surface area contributed by atoms with E-state index in [1.165, 1.54) is 6.92 Å². The summed E-state index contributed by atoms with van der Waals surface area (Å²) in [6, 6.07) is 5.83. The molecule has 0 radical (unpaired) electrons. The average molecular weight is 339 g/mol. The molecule has 1 amide bonds. The van der Waals surface area contributed by atoms with Crippen LogP contribution < -0.4 is 15.4 Å². The summed E-state index contributed by atoms with van der Waals surface area (Å²) in [5.74, 6) is 3.25. The van der Waals surface area contributed by atoms with Crippen molar-refractivity contribution in [3.63, 3.8) is 0 Å². The second kappa shape index (κ2) is 9.40. The van der Waals surface area contributed by atoms with Crippen LogP contribution in [0, 0.1) is 12.3 Å². The predicted molar refractivity (Wildman–Crippen MR) is 83.5 cm³/mol. The zero-order valence-electron chi connectivity index (χ0n) is 11.5. The maximum absolute atomic E-state index is 10.7. The van der Waals surface area contributed by atoms with E-state index in [1.54, 1.807) is 0 Å². The fourth-order valence-electron chi connectivity index (χ4n) is 1.65. The van der Waals surface area contributed by atoms with Crippen LogP contribution in [0.15, 0.2) is 22.7 Å². The maximum Gasteiger partial charge on any atom is 0.216 e. The van der Waals surface area contributed by atoms with Gasteiger partial charge in [-0.2, -0.15) is 0 Å². The summed E-state index contributed by atoms with van der Waals surface area (Å²) < 4.78 is 6.50. The van der Waals surface area contributed by atoms with Crippen molar-refractivity contribution in [2.24, 2.45) is 0 Å². The Morgan fingerprint density at radius 2 is 2.25 bits per heavy atom. The number of nitrogens with one attached hydrogen (secondary N) is 2. The summed E-state index contributed by atoms with van der Waals surface area (Å²) >= 11 is 3.44. The molecule has 0 aliphatic rings. The Morgan fingerprint density at radius 3 is 2.95 bits per heavy atom. The Labute approximate surface area is 128 Å². The fraction of sp³-hybridized carbons (Fsp3) is 0.400. The van der Waals surface area contributed by atoms with Gasteiger partial charge in [-0.05, 0) is 31.2 Å². The van der Waals surface area contributed by atoms with Crippen LogP contribution in [0.25, 0.3) is 0 Å². The third-order valence-corrected chi connectivity index (χ3v) is 3.05. The first-order chi connectivity index (χ1) is 9.63. The van der Waals surface area contributed by atoms with Gasteiger partial charge in [0.05, 0.1) is 0 Å². The maximum atomic E-state index is 10.7. The minimum atomic E-state index is 0.00182. The molecule has 0 saturated heterocycles. The summed E-state index contributed by atoms with van der Waals surface area (Å²) in [5, 5.41) is 6.07. The second-order valence-electron chi connectivity index (χ2n) is 4.26. The molecule has 108 valence electrons. The zero-order chi connectivity index (χ0) is 14.8. The van der Waals surface area contributed by atoms with Crippen LogP contribution in [0.1, 0.15) is 18.9 Å². The van der Waals surface area contributed by atoms with E-state index in [2.05, 4.69) is 32.5 Å². The monoisotopic (exact) mass is 338 g/mol. The lowest BCUT2D eigenvalue weighted by molar-refractivity contribution is -0.118. The molecule has 2 N–H and O–H groups in total. The van der Waals surface area contributed by atoms with Crippen molar-refractivity contribution in [3.8, 4) is 18.1 Å². The molecular formula is C15H19BrN2O2. The number of hydrogen-bond acceptors (Lipinski definition) is 3. The van der Waals surface area contributed by atoms with Gasteiger partial charge in [0.2, 0.25) is 5.91 Å². The number of rotatable bonds is 8. The Morgan fingerprint density at radius 1 is 1.45 bits per heavy atom. The van der Waals surface area contributed by atoms with Crippen molar-refractivity contribution < 1.29 is 9.53 Å². The summed E-state index contributed by atoms with van der Waals surface area (Å²) in [7, 11) is 0. The molecule has 5 heteroatoms. The molecule has 1 rings (SSSR count). The van der Waals surface area contributed by atoms with Crippen molar-refractivity contribution in [2.75, 3.05) is 19.7 Å². The van der Waals surface area contributed by atoms with Crippen LogP contribution in [-0.2, 0) is 11.3 Å². The smallest absolute Gasteiger partial charge is 0.216 e. The molecule has 0 saturated carbocycles. The van der Waals surface area contributed by atoms with Gasteiger partial charge in [-0.15, -0.1) is 6.42 Å². The average Bonchev–Trinajstić information content (AvgIpc) is 2.41. The summed E-state index contributed by atoms with van der Waals surface area (Å²) in [6.07, 6.45) is 6.08. The molecule has 0 aliphatic carbocycles. The van der Waals surface area contributed by atoms with Gasteiger partial charge in [0.15, 0.2) is 0 Å². The molecular weight excluding hydrogens is 320 g/mol. The van der Waals surface area contributed by atoms with E-state index in [0.29, 0.717) is 13.1 Å². The SMILES string of the molecule is C#CCOc1ccc(Br)cc1CNCCCNC(C)=O. The molecule has 1 aromatic rings. The van der Waals surface area contributed by atoms with Crippen molar-refractivity contribution in [1.29, 1.82) is 0 Å². The molecule has 0 atom stereocenters. The Balaban J connectivity index is 2.40. The number of benzene rings is 1. The Kier molecular flexibility index (Phi) is 7.78. The number of amides is 1. The Hall–Kier alpha value is -1.51. The second-order valence-corrected chi connectivity index (χ2v) is 5.17. The van der Waals surface area contributed by atoms with Crippen molar-refractivity contribution in [3.05, 3.63) is 28.2 Å². The van der Waals surface area contributed by atoms with E-state index in [0.717, 1.165) is 28.8 Å². The summed E-state index contributed by atoms with van der Waals surface area (Å²) in [6.45, 7) is 3.98. The van der Waals surface area contributed by atoms with Gasteiger partial charge in [-0.1, -0.05) is 21.9 Å². The van der Waals surface area contributed by atoms with Crippen molar-refractivity contribution in [2.45, 2.75) is 19.9 Å². The molecule has 0 heterocycles. The summed E-state index contributed by atoms with van der Waals surface area (Å²) in [5.41, 5.74) is 1.05. The number of terminal acetylenes is 1. The lowest BCUT2D eigenvalue weighted by Gasteiger charge is -2.11. The standard InChI is InChI=1S/C15H19BrN2O2/c1-3-9-20-15-6-5-14(16)10-13(15)11-17-7-4-8-18-12(2)19/h1,5-6,10,17H,4,7-9,11H2,2H3,(H,18,19). The van der Waals surface area contributed by atoms with Gasteiger partial charge in [0.1, 0.15) is 12.4 Å². The van der Waals surface area contributed by atoms with E-state index in [9.17, 15) is 4.79 Å². The van der Waals surface area contributed by atoms with Crippen LogP contribution in [0.4, 0.5) is 0 Å². The van der Waals surface area contributed by atoms with Gasteiger partial charge in [-0.3, -0.25) is 4.79 Å². The highest BCUT2D eigenvalue weighted by Gasteiger charge is 2.04. The van der Waals surface area contributed by atoms with Gasteiger partial charge in [0, 0.05) is 30.0 Å². The first-order valence-corrected chi connectivity index (χ1v) is 7.22. The van der Waals surface area contributed by atoms with Crippen LogP contribution >= 0.6 is 15.9 Å². The van der Waals surface area contributed by atoms with Crippen molar-refractivity contribution in [1.82, 2.24) is 10.6 Å². The Bertz CT molecular complexity index is 483. The van der Waals surface area contributed by atoms with Crippen LogP contribution in [0.3, 0.4) is 0 Å². The third-order valence-electron chi connectivity index (χ3n) is 2.55. The quantitative estimate of drug-likeness (QED) is 0.563. The molecule has 4 nitrogen and oxygen atoms in total. The molecule has 0 aromatic heterocycles. The van der Waals surface area contributed by atoms with Gasteiger partial charge >= 0.3 is 0 Å². The van der Waals surface area contributed by atoms with Crippen molar-refractivity contribution >= 4 is 21.8 Å². The number of carbonyl (C=O) groups is 1. The molecule has 0 fully saturated rings. The molecule has 0 aliphatic heterocycles. The fourth-order valence-corrected chi connectivity index (χ4v) is 2.06. The predicted octanol–water partition coefficient (Wildman–Crippen LogP) is 2.08. The van der Waals surface area contributed by atoms with Gasteiger partial charge < -0.3 is 15.4 Å². The molecule has 0 unspecified atom stereocenters. The normalized spacial score (nSPS) is 9.85. The number of hydrogen-bond donors (Lipinski definition) is 2. The van der Waals surface area contributed by atoms with E-state index >= 15 is 0 Å². The highest BCUT2D eigenvalue weighted by molar-refractivity contribution is 9.10. The first kappa shape index (κ1) is 16.5. The molecule has 0 spiro atoms. The van der Waals surface area contributed by atoms with Crippen LogP contribution in [0.2, 0.25) is 0 Å². The third kappa shape index (κ3) is 6.60. The number of carbonyl (C=O) groups excluding carboxylic acids is 1. The van der Waals surface area contributed by atoms with Crippen LogP contribution in [-0.4, -0.2) is 25.6 Å². The van der Waals surface area contributed by atoms with E-state index in [1.807, 2.05) is 18.2 Å². The lowest BCUT2D eigenvalue weighted by Crippen LogP contribution is -2.25. The number of ether oxygens (including phenoxy) is 1. The summed E-state index contributed by atoms with van der Waals surface area (Å²) in [4.78, 5) is 10.7. The first-order valence-electron chi connectivity index (χ1n) is 6.43. The minimum absolute atomic E-state index is 0.00182. The van der Waals surface area contributed by atoms with E-state index in [4.69, 9.17) is 11.2 Å². The molecule has 1 aromatic carbocycles. The minimum Gasteiger partial charge on any atom is -0.481 e. The zero-order valence-corrected chi connectivity index (χ0v) is 13.1. The number of halogens is 1. The van der Waals surface area contributed by atoms with E-state index < -0.39 is 0 Å². The lowest BCUT2D eigenvalue weighted by atomic mass is 10.2. The highest BCUT2D eigenvalue weighted by atomic mass is 79.9. The van der Waals surface area contributed by atoms with Gasteiger partial charge in [0.25, 0.3) is 0 Å². The van der Waals surface area contributed by atoms with Crippen LogP contribution in [0.5, 0.6) is 5.75 Å². The topological polar surface area (TPSA) is 50.4 Å². The molecule has 20 heavy (non-hydrogen) atoms. The van der Waals surface area contributed by atoms with E-state index in [-0.39, 0.29) is 12.5 Å². The molecule has 0 bridgehead atoms.